The fraction of sp³-hybridized carbons (Fsp3) is 0.133. The van der Waals surface area contributed by atoms with Gasteiger partial charge in [-0.25, -0.2) is 0 Å². The molecule has 3 nitrogen and oxygen atoms in total. The van der Waals surface area contributed by atoms with Crippen LogP contribution >= 0.6 is 34.2 Å². The van der Waals surface area contributed by atoms with Crippen molar-refractivity contribution in [1.82, 2.24) is 0 Å². The third-order valence-electron chi connectivity index (χ3n) is 3.48. The number of hydrogen-bond donors (Lipinski definition) is 1. The minimum atomic E-state index is -0.0346. The molecule has 0 aliphatic carbocycles. The number of amides is 1. The molecule has 0 aromatic heterocycles. The molecule has 1 aliphatic heterocycles. The summed E-state index contributed by atoms with van der Waals surface area (Å²) in [5, 5.41) is 0.600. The molecule has 0 atom stereocenters. The molecule has 0 unspecified atom stereocenters. The fourth-order valence-corrected chi connectivity index (χ4v) is 2.97. The lowest BCUT2D eigenvalue weighted by molar-refractivity contribution is 0.0989. The van der Waals surface area contributed by atoms with Crippen LogP contribution in [0.25, 0.3) is 0 Å². The topological polar surface area (TPSA) is 46.3 Å². The number of nitrogens with zero attached hydrogens (tertiary/aromatic N) is 1. The second kappa shape index (κ2) is 5.26. The number of fused-ring (bicyclic) bond motifs is 1. The van der Waals surface area contributed by atoms with E-state index in [4.69, 9.17) is 17.3 Å². The third-order valence-corrected chi connectivity index (χ3v) is 5.05. The van der Waals surface area contributed by atoms with Crippen LogP contribution in [0.1, 0.15) is 15.9 Å². The molecule has 1 aliphatic rings. The summed E-state index contributed by atoms with van der Waals surface area (Å²) in [4.78, 5) is 14.4. The molecule has 0 saturated heterocycles. The molecule has 0 spiro atoms. The molecule has 0 radical (unpaired) electrons. The number of carbonyl (C=O) groups excluding carboxylic acids is 1. The molecule has 2 N–H and O–H groups in total. The van der Waals surface area contributed by atoms with E-state index in [9.17, 15) is 4.79 Å². The number of rotatable bonds is 1. The summed E-state index contributed by atoms with van der Waals surface area (Å²) in [6.45, 7) is 0.659. The van der Waals surface area contributed by atoms with Crippen LogP contribution in [-0.2, 0) is 6.42 Å². The highest BCUT2D eigenvalue weighted by atomic mass is 127. The van der Waals surface area contributed by atoms with E-state index in [0.717, 1.165) is 26.9 Å². The van der Waals surface area contributed by atoms with Crippen molar-refractivity contribution in [3.8, 4) is 0 Å². The maximum Gasteiger partial charge on any atom is 0.258 e. The second-order valence-corrected chi connectivity index (χ2v) is 6.25. The van der Waals surface area contributed by atoms with Gasteiger partial charge in [-0.15, -0.1) is 0 Å². The van der Waals surface area contributed by atoms with E-state index in [0.29, 0.717) is 17.1 Å². The van der Waals surface area contributed by atoms with Gasteiger partial charge >= 0.3 is 0 Å². The minimum absolute atomic E-state index is 0.0346. The quantitative estimate of drug-likeness (QED) is 0.588. The zero-order valence-electron chi connectivity index (χ0n) is 10.6. The van der Waals surface area contributed by atoms with Gasteiger partial charge in [0.15, 0.2) is 0 Å². The Hall–Kier alpha value is -1.27. The van der Waals surface area contributed by atoms with Crippen LogP contribution in [-0.4, -0.2) is 12.5 Å². The predicted molar refractivity (Wildman–Crippen MR) is 90.4 cm³/mol. The summed E-state index contributed by atoms with van der Waals surface area (Å²) < 4.78 is 0.937. The van der Waals surface area contributed by atoms with Crippen molar-refractivity contribution in [1.29, 1.82) is 0 Å². The molecular formula is C15H12ClIN2O. The number of nitrogens with two attached hydrogens (primary N) is 1. The van der Waals surface area contributed by atoms with E-state index in [1.165, 1.54) is 0 Å². The Bertz CT molecular complexity index is 702. The second-order valence-electron chi connectivity index (χ2n) is 4.68. The molecule has 1 amide bonds. The zero-order chi connectivity index (χ0) is 14.3. The van der Waals surface area contributed by atoms with Crippen LogP contribution in [0.2, 0.25) is 5.02 Å². The molecule has 2 aromatic carbocycles. The van der Waals surface area contributed by atoms with E-state index < -0.39 is 0 Å². The van der Waals surface area contributed by atoms with Crippen LogP contribution < -0.4 is 10.6 Å². The van der Waals surface area contributed by atoms with Crippen LogP contribution in [0.4, 0.5) is 11.4 Å². The van der Waals surface area contributed by atoms with E-state index in [1.807, 2.05) is 24.3 Å². The molecule has 0 saturated carbocycles. The van der Waals surface area contributed by atoms with E-state index in [-0.39, 0.29) is 5.91 Å². The Morgan fingerprint density at radius 3 is 2.85 bits per heavy atom. The first kappa shape index (κ1) is 13.7. The Labute approximate surface area is 135 Å². The van der Waals surface area contributed by atoms with E-state index >= 15 is 0 Å². The van der Waals surface area contributed by atoms with Gasteiger partial charge in [0, 0.05) is 32.6 Å². The normalized spacial score (nSPS) is 13.4. The SMILES string of the molecule is Nc1cccc2c1CCN2C(=O)c1ccc(I)c(Cl)c1. The summed E-state index contributed by atoms with van der Waals surface area (Å²) in [6, 6.07) is 11.1. The van der Waals surface area contributed by atoms with Crippen molar-refractivity contribution in [2.75, 3.05) is 17.2 Å². The van der Waals surface area contributed by atoms with Gasteiger partial charge in [-0.3, -0.25) is 4.79 Å². The van der Waals surface area contributed by atoms with Crippen molar-refractivity contribution in [2.24, 2.45) is 0 Å². The summed E-state index contributed by atoms with van der Waals surface area (Å²) in [5.41, 5.74) is 9.27. The Morgan fingerprint density at radius 1 is 1.30 bits per heavy atom. The number of hydrogen-bond acceptors (Lipinski definition) is 2. The van der Waals surface area contributed by atoms with Crippen LogP contribution in [0.3, 0.4) is 0 Å². The predicted octanol–water partition coefficient (Wildman–Crippen LogP) is 3.73. The summed E-state index contributed by atoms with van der Waals surface area (Å²) >= 11 is 8.24. The highest BCUT2D eigenvalue weighted by molar-refractivity contribution is 14.1. The highest BCUT2D eigenvalue weighted by Gasteiger charge is 2.26. The van der Waals surface area contributed by atoms with Crippen LogP contribution in [0, 0.1) is 3.57 Å². The van der Waals surface area contributed by atoms with Crippen molar-refractivity contribution in [3.63, 3.8) is 0 Å². The molecule has 3 rings (SSSR count). The lowest BCUT2D eigenvalue weighted by Crippen LogP contribution is -2.28. The highest BCUT2D eigenvalue weighted by Crippen LogP contribution is 2.33. The van der Waals surface area contributed by atoms with Gasteiger partial charge in [-0.1, -0.05) is 17.7 Å². The summed E-state index contributed by atoms with van der Waals surface area (Å²) in [6.07, 6.45) is 0.797. The zero-order valence-corrected chi connectivity index (χ0v) is 13.5. The average Bonchev–Trinajstić information content (AvgIpc) is 2.86. The van der Waals surface area contributed by atoms with Gasteiger partial charge in [0.2, 0.25) is 0 Å². The Kier molecular flexibility index (Phi) is 3.60. The third kappa shape index (κ3) is 2.27. The lowest BCUT2D eigenvalue weighted by Gasteiger charge is -2.18. The fourth-order valence-electron chi connectivity index (χ4n) is 2.46. The average molecular weight is 399 g/mol. The van der Waals surface area contributed by atoms with E-state index in [2.05, 4.69) is 22.6 Å². The summed E-state index contributed by atoms with van der Waals surface area (Å²) in [5.74, 6) is -0.0346. The van der Waals surface area contributed by atoms with Gasteiger partial charge in [0.05, 0.1) is 5.02 Å². The maximum atomic E-state index is 12.6. The van der Waals surface area contributed by atoms with Crippen molar-refractivity contribution < 1.29 is 4.79 Å². The van der Waals surface area contributed by atoms with E-state index in [1.54, 1.807) is 17.0 Å². The van der Waals surface area contributed by atoms with Crippen molar-refractivity contribution in [2.45, 2.75) is 6.42 Å². The van der Waals surface area contributed by atoms with Gasteiger partial charge < -0.3 is 10.6 Å². The monoisotopic (exact) mass is 398 g/mol. The molecule has 0 fully saturated rings. The summed E-state index contributed by atoms with van der Waals surface area (Å²) in [7, 11) is 0. The van der Waals surface area contributed by atoms with Crippen molar-refractivity contribution >= 4 is 51.5 Å². The molecule has 0 bridgehead atoms. The van der Waals surface area contributed by atoms with Crippen molar-refractivity contribution in [3.05, 3.63) is 56.1 Å². The number of benzene rings is 2. The van der Waals surface area contributed by atoms with Gasteiger partial charge in [0.25, 0.3) is 5.91 Å². The largest absolute Gasteiger partial charge is 0.398 e. The molecule has 5 heteroatoms. The maximum absolute atomic E-state index is 12.6. The van der Waals surface area contributed by atoms with Crippen LogP contribution in [0.15, 0.2) is 36.4 Å². The lowest BCUT2D eigenvalue weighted by atomic mass is 10.1. The molecule has 2 aromatic rings. The van der Waals surface area contributed by atoms with Crippen LogP contribution in [0.5, 0.6) is 0 Å². The van der Waals surface area contributed by atoms with Gasteiger partial charge in [0.1, 0.15) is 0 Å². The first-order valence-electron chi connectivity index (χ1n) is 6.22. The minimum Gasteiger partial charge on any atom is -0.398 e. The molecular weight excluding hydrogens is 387 g/mol. The number of nitrogen functional groups attached to an aromatic ring is 1. The first-order chi connectivity index (χ1) is 9.58. The first-order valence-corrected chi connectivity index (χ1v) is 7.68. The number of carbonyl (C=O) groups is 1. The molecule has 1 heterocycles. The molecule has 20 heavy (non-hydrogen) atoms. The number of anilines is 2. The Balaban J connectivity index is 1.97. The van der Waals surface area contributed by atoms with Gasteiger partial charge in [-0.05, 0) is 59.3 Å². The Morgan fingerprint density at radius 2 is 2.10 bits per heavy atom. The van der Waals surface area contributed by atoms with Gasteiger partial charge in [-0.2, -0.15) is 0 Å². The molecule has 102 valence electrons. The standard InChI is InChI=1S/C15H12ClIN2O/c16-11-8-9(4-5-12(11)17)15(20)19-7-6-10-13(18)2-1-3-14(10)19/h1-5,8H,6-7,18H2. The smallest absolute Gasteiger partial charge is 0.258 e. The number of halogens is 2.